The van der Waals surface area contributed by atoms with Gasteiger partial charge in [-0.05, 0) is 18.8 Å². The standard InChI is InChI=1S/C15H28N2O5S/c1-16(2)23(18,19)17-7-14-9-22-12-15(14,10-17)11-21-8-13-3-5-20-6-4-13/h13-14H,3-12H2,1-2H3/t14-,15-/m1/s1. The van der Waals surface area contributed by atoms with Crippen LogP contribution in [0.1, 0.15) is 12.8 Å². The van der Waals surface area contributed by atoms with Gasteiger partial charge in [0.2, 0.25) is 0 Å². The molecule has 0 aliphatic carbocycles. The van der Waals surface area contributed by atoms with Gasteiger partial charge >= 0.3 is 0 Å². The molecule has 3 aliphatic heterocycles. The highest BCUT2D eigenvalue weighted by Crippen LogP contribution is 2.42. The average molecular weight is 348 g/mol. The number of hydrogen-bond donors (Lipinski definition) is 0. The van der Waals surface area contributed by atoms with Crippen molar-refractivity contribution in [3.63, 3.8) is 0 Å². The fraction of sp³-hybridized carbons (Fsp3) is 1.00. The molecule has 0 bridgehead atoms. The van der Waals surface area contributed by atoms with E-state index in [0.717, 1.165) is 32.7 Å². The van der Waals surface area contributed by atoms with E-state index in [0.29, 0.717) is 38.8 Å². The van der Waals surface area contributed by atoms with Gasteiger partial charge in [-0.15, -0.1) is 0 Å². The minimum absolute atomic E-state index is 0.186. The molecule has 0 aromatic rings. The molecule has 3 heterocycles. The monoisotopic (exact) mass is 348 g/mol. The van der Waals surface area contributed by atoms with Crippen LogP contribution >= 0.6 is 0 Å². The maximum absolute atomic E-state index is 12.4. The van der Waals surface area contributed by atoms with Gasteiger partial charge in [-0.25, -0.2) is 0 Å². The van der Waals surface area contributed by atoms with E-state index in [4.69, 9.17) is 14.2 Å². The van der Waals surface area contributed by atoms with Crippen LogP contribution < -0.4 is 0 Å². The van der Waals surface area contributed by atoms with Crippen LogP contribution in [-0.4, -0.2) is 83.9 Å². The second-order valence-corrected chi connectivity index (χ2v) is 9.37. The minimum Gasteiger partial charge on any atom is -0.381 e. The van der Waals surface area contributed by atoms with Gasteiger partial charge in [0.1, 0.15) is 0 Å². The SMILES string of the molecule is CN(C)S(=O)(=O)N1C[C@@H]2COC[C@]2(COCC2CCOCC2)C1. The van der Waals surface area contributed by atoms with Crippen LogP contribution in [0.3, 0.4) is 0 Å². The predicted molar refractivity (Wildman–Crippen MR) is 85.3 cm³/mol. The fourth-order valence-corrected chi connectivity index (χ4v) is 4.99. The van der Waals surface area contributed by atoms with Crippen molar-refractivity contribution in [2.24, 2.45) is 17.3 Å². The second-order valence-electron chi connectivity index (χ2n) is 7.23. The van der Waals surface area contributed by atoms with E-state index in [1.54, 1.807) is 18.4 Å². The van der Waals surface area contributed by atoms with Crippen molar-refractivity contribution in [3.8, 4) is 0 Å². The molecule has 0 radical (unpaired) electrons. The quantitative estimate of drug-likeness (QED) is 0.685. The zero-order valence-corrected chi connectivity index (χ0v) is 14.9. The molecule has 0 unspecified atom stereocenters. The van der Waals surface area contributed by atoms with E-state index < -0.39 is 10.2 Å². The van der Waals surface area contributed by atoms with Gasteiger partial charge in [0.05, 0.1) is 19.8 Å². The Bertz CT molecular complexity index is 506. The molecule has 0 amide bonds. The molecule has 134 valence electrons. The smallest absolute Gasteiger partial charge is 0.281 e. The second kappa shape index (κ2) is 6.93. The average Bonchev–Trinajstić information content (AvgIpc) is 3.05. The molecule has 23 heavy (non-hydrogen) atoms. The summed E-state index contributed by atoms with van der Waals surface area (Å²) >= 11 is 0. The third-order valence-electron chi connectivity index (χ3n) is 5.36. The highest BCUT2D eigenvalue weighted by Gasteiger charge is 2.53. The van der Waals surface area contributed by atoms with Crippen molar-refractivity contribution < 1.29 is 22.6 Å². The van der Waals surface area contributed by atoms with Crippen molar-refractivity contribution in [2.45, 2.75) is 12.8 Å². The molecular weight excluding hydrogens is 320 g/mol. The van der Waals surface area contributed by atoms with Gasteiger partial charge < -0.3 is 14.2 Å². The van der Waals surface area contributed by atoms with Crippen LogP contribution in [0.25, 0.3) is 0 Å². The van der Waals surface area contributed by atoms with Crippen molar-refractivity contribution in [2.75, 3.05) is 66.8 Å². The molecule has 3 rings (SSSR count). The van der Waals surface area contributed by atoms with E-state index in [-0.39, 0.29) is 11.3 Å². The Morgan fingerprint density at radius 2 is 2.00 bits per heavy atom. The third-order valence-corrected chi connectivity index (χ3v) is 7.22. The molecule has 2 atom stereocenters. The number of nitrogens with zero attached hydrogens (tertiary/aromatic N) is 2. The van der Waals surface area contributed by atoms with Gasteiger partial charge in [0.25, 0.3) is 10.2 Å². The molecule has 0 aromatic carbocycles. The van der Waals surface area contributed by atoms with Gasteiger partial charge in [-0.3, -0.25) is 0 Å². The lowest BCUT2D eigenvalue weighted by atomic mass is 9.82. The van der Waals surface area contributed by atoms with Gasteiger partial charge in [0, 0.05) is 58.3 Å². The minimum atomic E-state index is -3.36. The maximum Gasteiger partial charge on any atom is 0.281 e. The fourth-order valence-electron chi connectivity index (χ4n) is 3.74. The van der Waals surface area contributed by atoms with Crippen molar-refractivity contribution in [1.82, 2.24) is 8.61 Å². The maximum atomic E-state index is 12.4. The molecule has 3 fully saturated rings. The van der Waals surface area contributed by atoms with Crippen molar-refractivity contribution >= 4 is 10.2 Å². The summed E-state index contributed by atoms with van der Waals surface area (Å²) in [5.74, 6) is 0.788. The summed E-state index contributed by atoms with van der Waals surface area (Å²) in [7, 11) is -0.208. The summed E-state index contributed by atoms with van der Waals surface area (Å²) in [6.07, 6.45) is 2.10. The topological polar surface area (TPSA) is 68.3 Å². The first kappa shape index (κ1) is 17.6. The summed E-state index contributed by atoms with van der Waals surface area (Å²) in [5.41, 5.74) is -0.186. The number of fused-ring (bicyclic) bond motifs is 1. The molecule has 3 saturated heterocycles. The number of hydrogen-bond acceptors (Lipinski definition) is 5. The van der Waals surface area contributed by atoms with E-state index in [1.165, 1.54) is 4.31 Å². The van der Waals surface area contributed by atoms with Crippen molar-refractivity contribution in [3.05, 3.63) is 0 Å². The summed E-state index contributed by atoms with van der Waals surface area (Å²) < 4.78 is 44.7. The van der Waals surface area contributed by atoms with E-state index >= 15 is 0 Å². The van der Waals surface area contributed by atoms with Gasteiger partial charge in [-0.2, -0.15) is 17.0 Å². The normalized spacial score (nSPS) is 33.4. The molecule has 0 spiro atoms. The largest absolute Gasteiger partial charge is 0.381 e. The molecule has 0 N–H and O–H groups in total. The number of rotatable bonds is 6. The van der Waals surface area contributed by atoms with Crippen LogP contribution in [0.2, 0.25) is 0 Å². The summed E-state index contributed by atoms with van der Waals surface area (Å²) in [6.45, 7) is 5.18. The molecular formula is C15H28N2O5S. The summed E-state index contributed by atoms with van der Waals surface area (Å²) in [5, 5.41) is 0. The lowest BCUT2D eigenvalue weighted by Crippen LogP contribution is -2.42. The Kier molecular flexibility index (Phi) is 5.30. The lowest BCUT2D eigenvalue weighted by molar-refractivity contribution is -0.0139. The van der Waals surface area contributed by atoms with Gasteiger partial charge in [0.15, 0.2) is 0 Å². The zero-order valence-electron chi connectivity index (χ0n) is 14.1. The van der Waals surface area contributed by atoms with Crippen LogP contribution in [-0.2, 0) is 24.4 Å². The van der Waals surface area contributed by atoms with Crippen molar-refractivity contribution in [1.29, 1.82) is 0 Å². The van der Waals surface area contributed by atoms with Crippen LogP contribution in [0.15, 0.2) is 0 Å². The summed E-state index contributed by atoms with van der Waals surface area (Å²) in [6, 6.07) is 0. The zero-order chi connectivity index (χ0) is 16.5. The van der Waals surface area contributed by atoms with Crippen LogP contribution in [0.4, 0.5) is 0 Å². The summed E-state index contributed by atoms with van der Waals surface area (Å²) in [4.78, 5) is 0. The Labute approximate surface area is 139 Å². The first-order valence-corrected chi connectivity index (χ1v) is 9.74. The number of ether oxygens (including phenoxy) is 3. The third kappa shape index (κ3) is 3.57. The lowest BCUT2D eigenvalue weighted by Gasteiger charge is -2.29. The van der Waals surface area contributed by atoms with E-state index in [9.17, 15) is 8.42 Å². The van der Waals surface area contributed by atoms with Gasteiger partial charge in [-0.1, -0.05) is 0 Å². The Morgan fingerprint density at radius 3 is 2.70 bits per heavy atom. The van der Waals surface area contributed by atoms with Crippen LogP contribution in [0.5, 0.6) is 0 Å². The first-order chi connectivity index (χ1) is 10.9. The first-order valence-electron chi connectivity index (χ1n) is 8.35. The molecule has 8 heteroatoms. The predicted octanol–water partition coefficient (Wildman–Crippen LogP) is 0.184. The molecule has 3 aliphatic rings. The molecule has 7 nitrogen and oxygen atoms in total. The van der Waals surface area contributed by atoms with E-state index in [2.05, 4.69) is 0 Å². The highest BCUT2D eigenvalue weighted by atomic mass is 32.2. The molecule has 0 saturated carbocycles. The molecule has 0 aromatic heterocycles. The Balaban J connectivity index is 1.58. The Hall–Kier alpha value is -0.250. The van der Waals surface area contributed by atoms with Crippen LogP contribution in [0, 0.1) is 17.3 Å². The Morgan fingerprint density at radius 1 is 1.26 bits per heavy atom. The van der Waals surface area contributed by atoms with E-state index in [1.807, 2.05) is 0 Å². The highest BCUT2D eigenvalue weighted by molar-refractivity contribution is 7.86.